The summed E-state index contributed by atoms with van der Waals surface area (Å²) in [6.45, 7) is 3.04. The van der Waals surface area contributed by atoms with Crippen LogP contribution in [0, 0.1) is 5.82 Å². The summed E-state index contributed by atoms with van der Waals surface area (Å²) in [6, 6.07) is 4.36. The molecule has 0 unspecified atom stereocenters. The normalized spacial score (nSPS) is 18.8. The molecule has 0 radical (unpaired) electrons. The van der Waals surface area contributed by atoms with E-state index in [1.54, 1.807) is 6.07 Å². The Labute approximate surface area is 111 Å². The van der Waals surface area contributed by atoms with E-state index in [-0.39, 0.29) is 11.9 Å². The molecule has 1 aliphatic rings. The van der Waals surface area contributed by atoms with Gasteiger partial charge in [0.15, 0.2) is 0 Å². The van der Waals surface area contributed by atoms with Crippen molar-refractivity contribution in [2.45, 2.75) is 12.5 Å². The van der Waals surface area contributed by atoms with Crippen LogP contribution in [0.1, 0.15) is 18.0 Å². The van der Waals surface area contributed by atoms with Gasteiger partial charge < -0.3 is 5.32 Å². The Balaban J connectivity index is 2.22. The number of hydrogen-bond donors (Lipinski definition) is 1. The van der Waals surface area contributed by atoms with Crippen molar-refractivity contribution in [3.05, 3.63) is 34.6 Å². The number of rotatable bonds is 4. The molecule has 0 spiro atoms. The Hall–Kier alpha value is -0.710. The lowest BCUT2D eigenvalue weighted by atomic mass is 10.0. The van der Waals surface area contributed by atoms with Crippen LogP contribution in [-0.2, 0) is 0 Å². The number of alkyl halides is 1. The van der Waals surface area contributed by atoms with E-state index in [2.05, 4.69) is 10.2 Å². The molecule has 1 heterocycles. The van der Waals surface area contributed by atoms with E-state index in [1.807, 2.05) is 0 Å². The SMILES string of the molecule is FCC[C@@H](c1cc(F)cc(Cl)c1)N1CCNCC1. The van der Waals surface area contributed by atoms with Crippen molar-refractivity contribution in [1.29, 1.82) is 0 Å². The monoisotopic (exact) mass is 274 g/mol. The molecule has 0 saturated carbocycles. The first-order chi connectivity index (χ1) is 8.70. The van der Waals surface area contributed by atoms with Crippen LogP contribution in [0.3, 0.4) is 0 Å². The first kappa shape index (κ1) is 13.7. The summed E-state index contributed by atoms with van der Waals surface area (Å²) in [5.74, 6) is -0.364. The molecule has 1 fully saturated rings. The minimum absolute atomic E-state index is 0.0923. The molecule has 100 valence electrons. The Kier molecular flexibility index (Phi) is 4.92. The molecule has 2 rings (SSSR count). The number of piperazine rings is 1. The Morgan fingerprint density at radius 3 is 2.61 bits per heavy atom. The molecule has 1 saturated heterocycles. The molecule has 1 aromatic rings. The molecule has 2 nitrogen and oxygen atoms in total. The lowest BCUT2D eigenvalue weighted by molar-refractivity contribution is 0.157. The maximum atomic E-state index is 13.4. The Morgan fingerprint density at radius 2 is 2.00 bits per heavy atom. The second-order valence-electron chi connectivity index (χ2n) is 4.48. The predicted octanol–water partition coefficient (Wildman–Crippen LogP) is 2.79. The fraction of sp³-hybridized carbons (Fsp3) is 0.538. The summed E-state index contributed by atoms with van der Waals surface area (Å²) >= 11 is 5.87. The highest BCUT2D eigenvalue weighted by Gasteiger charge is 2.22. The van der Waals surface area contributed by atoms with Crippen LogP contribution >= 0.6 is 11.6 Å². The number of nitrogens with one attached hydrogen (secondary N) is 1. The van der Waals surface area contributed by atoms with Crippen LogP contribution in [0.2, 0.25) is 5.02 Å². The summed E-state index contributed by atoms with van der Waals surface area (Å²) in [5.41, 5.74) is 0.763. The molecule has 1 aliphatic heterocycles. The zero-order chi connectivity index (χ0) is 13.0. The Bertz CT molecular complexity index is 374. The molecule has 1 N–H and O–H groups in total. The van der Waals surface area contributed by atoms with Crippen LogP contribution in [0.25, 0.3) is 0 Å². The van der Waals surface area contributed by atoms with E-state index in [0.29, 0.717) is 11.4 Å². The van der Waals surface area contributed by atoms with Gasteiger partial charge in [0, 0.05) is 37.2 Å². The van der Waals surface area contributed by atoms with Crippen molar-refractivity contribution in [2.75, 3.05) is 32.9 Å². The first-order valence-corrected chi connectivity index (χ1v) is 6.55. The number of hydrogen-bond acceptors (Lipinski definition) is 2. The molecular weight excluding hydrogens is 258 g/mol. The van der Waals surface area contributed by atoms with Gasteiger partial charge in [-0.1, -0.05) is 11.6 Å². The van der Waals surface area contributed by atoms with Crippen LogP contribution in [0.4, 0.5) is 8.78 Å². The predicted molar refractivity (Wildman–Crippen MR) is 69.2 cm³/mol. The lowest BCUT2D eigenvalue weighted by Gasteiger charge is -2.35. The molecule has 18 heavy (non-hydrogen) atoms. The third-order valence-corrected chi connectivity index (χ3v) is 3.46. The van der Waals surface area contributed by atoms with Crippen molar-refractivity contribution in [3.8, 4) is 0 Å². The van der Waals surface area contributed by atoms with Crippen LogP contribution in [0.5, 0.6) is 0 Å². The average Bonchev–Trinajstić information content (AvgIpc) is 2.36. The van der Waals surface area contributed by atoms with Crippen molar-refractivity contribution >= 4 is 11.6 Å². The van der Waals surface area contributed by atoms with Gasteiger partial charge in [0.1, 0.15) is 5.82 Å². The van der Waals surface area contributed by atoms with Crippen molar-refractivity contribution in [1.82, 2.24) is 10.2 Å². The quantitative estimate of drug-likeness (QED) is 0.908. The van der Waals surface area contributed by atoms with Gasteiger partial charge in [-0.25, -0.2) is 4.39 Å². The molecule has 0 aliphatic carbocycles. The van der Waals surface area contributed by atoms with E-state index in [0.717, 1.165) is 31.7 Å². The molecule has 0 aromatic heterocycles. The minimum atomic E-state index is -0.414. The van der Waals surface area contributed by atoms with Crippen LogP contribution in [0.15, 0.2) is 18.2 Å². The maximum Gasteiger partial charge on any atom is 0.125 e. The van der Waals surface area contributed by atoms with Crippen LogP contribution in [-0.4, -0.2) is 37.8 Å². The number of nitrogens with zero attached hydrogens (tertiary/aromatic N) is 1. The number of benzene rings is 1. The van der Waals surface area contributed by atoms with Gasteiger partial charge in [-0.2, -0.15) is 0 Å². The highest BCUT2D eigenvalue weighted by atomic mass is 35.5. The van der Waals surface area contributed by atoms with Gasteiger partial charge in [-0.3, -0.25) is 9.29 Å². The number of halogens is 3. The zero-order valence-electron chi connectivity index (χ0n) is 10.1. The van der Waals surface area contributed by atoms with E-state index in [1.165, 1.54) is 12.1 Å². The summed E-state index contributed by atoms with van der Waals surface area (Å²) in [4.78, 5) is 2.18. The smallest absolute Gasteiger partial charge is 0.125 e. The van der Waals surface area contributed by atoms with Gasteiger partial charge in [-0.05, 0) is 30.2 Å². The molecule has 1 atom stereocenters. The largest absolute Gasteiger partial charge is 0.314 e. The van der Waals surface area contributed by atoms with Gasteiger partial charge >= 0.3 is 0 Å². The van der Waals surface area contributed by atoms with Crippen molar-refractivity contribution in [3.63, 3.8) is 0 Å². The van der Waals surface area contributed by atoms with Crippen LogP contribution < -0.4 is 5.32 Å². The topological polar surface area (TPSA) is 15.3 Å². The second kappa shape index (κ2) is 6.45. The highest BCUT2D eigenvalue weighted by Crippen LogP contribution is 2.27. The lowest BCUT2D eigenvalue weighted by Crippen LogP contribution is -2.45. The molecule has 1 aromatic carbocycles. The van der Waals surface area contributed by atoms with E-state index in [9.17, 15) is 8.78 Å². The van der Waals surface area contributed by atoms with E-state index in [4.69, 9.17) is 11.6 Å². The summed E-state index contributed by atoms with van der Waals surface area (Å²) in [5, 5.41) is 3.62. The third kappa shape index (κ3) is 3.40. The summed E-state index contributed by atoms with van der Waals surface area (Å²) < 4.78 is 26.1. The second-order valence-corrected chi connectivity index (χ2v) is 4.92. The van der Waals surface area contributed by atoms with E-state index < -0.39 is 6.67 Å². The summed E-state index contributed by atoms with van der Waals surface area (Å²) in [6.07, 6.45) is 0.375. The molecule has 5 heteroatoms. The van der Waals surface area contributed by atoms with Gasteiger partial charge in [0.2, 0.25) is 0 Å². The fourth-order valence-electron chi connectivity index (χ4n) is 2.42. The standard InChI is InChI=1S/C13H17ClF2N2/c14-11-7-10(8-12(16)9-11)13(1-2-15)18-5-3-17-4-6-18/h7-9,13,17H,1-6H2/t13-/m0/s1. The fourth-order valence-corrected chi connectivity index (χ4v) is 2.65. The Morgan fingerprint density at radius 1 is 1.28 bits per heavy atom. The zero-order valence-corrected chi connectivity index (χ0v) is 10.9. The van der Waals surface area contributed by atoms with Crippen molar-refractivity contribution < 1.29 is 8.78 Å². The highest BCUT2D eigenvalue weighted by molar-refractivity contribution is 6.30. The third-order valence-electron chi connectivity index (χ3n) is 3.24. The van der Waals surface area contributed by atoms with E-state index >= 15 is 0 Å². The molecule has 0 bridgehead atoms. The van der Waals surface area contributed by atoms with Gasteiger partial charge in [-0.15, -0.1) is 0 Å². The minimum Gasteiger partial charge on any atom is -0.314 e. The van der Waals surface area contributed by atoms with Gasteiger partial charge in [0.05, 0.1) is 6.67 Å². The maximum absolute atomic E-state index is 13.4. The summed E-state index contributed by atoms with van der Waals surface area (Å²) in [7, 11) is 0. The molecule has 0 amide bonds. The first-order valence-electron chi connectivity index (χ1n) is 6.17. The average molecular weight is 275 g/mol. The van der Waals surface area contributed by atoms with Gasteiger partial charge in [0.25, 0.3) is 0 Å². The van der Waals surface area contributed by atoms with Crippen molar-refractivity contribution in [2.24, 2.45) is 0 Å². The molecular formula is C13H17ClF2N2.